The first-order valence-electron chi connectivity index (χ1n) is 11.7. The molecule has 2 aromatic rings. The minimum Gasteiger partial charge on any atom is -0.583 e. The highest BCUT2D eigenvalue weighted by molar-refractivity contribution is 7.33. The van der Waals surface area contributed by atoms with E-state index in [1.165, 1.54) is 19.1 Å². The monoisotopic (exact) mass is 575 g/mol. The zero-order valence-corrected chi connectivity index (χ0v) is 22.4. The summed E-state index contributed by atoms with van der Waals surface area (Å²) in [6, 6.07) is 5.93. The number of H-pyrrole nitrogens is 1. The minimum atomic E-state index is -2.98. The molecule has 0 bridgehead atoms. The SMILES string of the molecule is CCCCOC(=O)C(C)N=[P+]([O-])OC(Oc1ccccc1Cl)[C@@H]1O[C@@H](n2ccc(=O)[nH]c2=O)[C@](C)(F)[C@@H]1O. The van der Waals surface area contributed by atoms with Crippen LogP contribution in [0, 0.1) is 0 Å². The Kier molecular flexibility index (Phi) is 10.2. The molecule has 1 aromatic carbocycles. The predicted molar refractivity (Wildman–Crippen MR) is 132 cm³/mol. The maximum atomic E-state index is 15.7. The average Bonchev–Trinajstić information content (AvgIpc) is 3.09. The van der Waals surface area contributed by atoms with Crippen LogP contribution in [-0.2, 0) is 18.8 Å². The van der Waals surface area contributed by atoms with E-state index < -0.39 is 61.8 Å². The molecule has 2 heterocycles. The Morgan fingerprint density at radius 2 is 2.11 bits per heavy atom. The van der Waals surface area contributed by atoms with Crippen molar-refractivity contribution >= 4 is 25.7 Å². The third-order valence-electron chi connectivity index (χ3n) is 5.66. The van der Waals surface area contributed by atoms with Crippen LogP contribution in [0.25, 0.3) is 0 Å². The van der Waals surface area contributed by atoms with Crippen molar-refractivity contribution in [3.8, 4) is 5.75 Å². The summed E-state index contributed by atoms with van der Waals surface area (Å²) in [7, 11) is -2.98. The molecule has 3 unspecified atom stereocenters. The van der Waals surface area contributed by atoms with E-state index in [0.717, 1.165) is 30.2 Å². The van der Waals surface area contributed by atoms with Crippen molar-refractivity contribution in [2.45, 2.75) is 70.0 Å². The lowest BCUT2D eigenvalue weighted by Gasteiger charge is -2.25. The van der Waals surface area contributed by atoms with Crippen molar-refractivity contribution in [3.05, 3.63) is 62.4 Å². The molecule has 1 fully saturated rings. The Bertz CT molecular complexity index is 1270. The molecule has 7 atom stereocenters. The van der Waals surface area contributed by atoms with Crippen LogP contribution >= 0.6 is 19.8 Å². The average molecular weight is 576 g/mol. The van der Waals surface area contributed by atoms with Crippen LogP contribution in [0.3, 0.4) is 0 Å². The van der Waals surface area contributed by atoms with Crippen molar-refractivity contribution in [1.82, 2.24) is 9.55 Å². The maximum absolute atomic E-state index is 15.7. The lowest BCUT2D eigenvalue weighted by atomic mass is 9.98. The second kappa shape index (κ2) is 12.9. The Balaban J connectivity index is 1.90. The standard InChI is InChI=1S/C23H28ClFN3O9P/c1-4-5-12-34-19(31)13(2)27-38(33)37-20(35-15-9-7-6-8-14(15)24)17-18(30)23(3,25)21(36-17)28-11-10-16(29)26-22(28)32/h6-11,13,17-18,20-21,30H,4-5,12H2,1-3H3,(H,26,29,32)/t13?,17-,18-,20?,21-,23-/m1/s1. The first-order chi connectivity index (χ1) is 17.9. The Morgan fingerprint density at radius 3 is 2.76 bits per heavy atom. The summed E-state index contributed by atoms with van der Waals surface area (Å²) in [5, 5.41) is 11.0. The van der Waals surface area contributed by atoms with Crippen LogP contribution in [0.5, 0.6) is 5.75 Å². The van der Waals surface area contributed by atoms with E-state index in [0.29, 0.717) is 6.42 Å². The molecule has 3 rings (SSSR count). The van der Waals surface area contributed by atoms with Crippen LogP contribution in [-0.4, -0.2) is 57.4 Å². The number of aromatic amines is 1. The molecule has 208 valence electrons. The van der Waals surface area contributed by atoms with Gasteiger partial charge < -0.3 is 24.2 Å². The summed E-state index contributed by atoms with van der Waals surface area (Å²) in [5.41, 5.74) is -4.30. The number of nitrogens with zero attached hydrogens (tertiary/aromatic N) is 2. The number of hydrogen-bond donors (Lipinski definition) is 2. The quantitative estimate of drug-likeness (QED) is 0.177. The normalized spacial score (nSPS) is 25.1. The number of esters is 1. The van der Waals surface area contributed by atoms with Crippen molar-refractivity contribution in [2.24, 2.45) is 4.74 Å². The third-order valence-corrected chi connectivity index (χ3v) is 6.89. The van der Waals surface area contributed by atoms with E-state index >= 15 is 4.39 Å². The van der Waals surface area contributed by atoms with Gasteiger partial charge in [-0.2, -0.15) is 0 Å². The fraction of sp³-hybridized carbons (Fsp3) is 0.522. The fourth-order valence-corrected chi connectivity index (χ4v) is 4.49. The first-order valence-corrected chi connectivity index (χ1v) is 13.2. The van der Waals surface area contributed by atoms with E-state index in [9.17, 15) is 24.4 Å². The molecule has 1 saturated heterocycles. The number of unbranched alkanes of at least 4 members (excludes halogenated alkanes) is 1. The highest BCUT2D eigenvalue weighted by atomic mass is 35.5. The van der Waals surface area contributed by atoms with Gasteiger partial charge in [-0.1, -0.05) is 41.8 Å². The number of carbonyl (C=O) groups excluding carboxylic acids is 1. The summed E-state index contributed by atoms with van der Waals surface area (Å²) in [4.78, 5) is 50.6. The lowest BCUT2D eigenvalue weighted by molar-refractivity contribution is -0.206. The molecule has 0 spiro atoms. The number of hydrogen-bond acceptors (Lipinski definition) is 10. The van der Waals surface area contributed by atoms with Gasteiger partial charge in [-0.15, -0.1) is 4.52 Å². The number of aromatic nitrogens is 2. The summed E-state index contributed by atoms with van der Waals surface area (Å²) >= 11 is 6.16. The van der Waals surface area contributed by atoms with Gasteiger partial charge >= 0.3 is 19.8 Å². The van der Waals surface area contributed by atoms with Gasteiger partial charge in [-0.25, -0.2) is 14.0 Å². The van der Waals surface area contributed by atoms with Gasteiger partial charge in [0.15, 0.2) is 24.0 Å². The van der Waals surface area contributed by atoms with Crippen molar-refractivity contribution in [2.75, 3.05) is 6.61 Å². The zero-order valence-electron chi connectivity index (χ0n) is 20.8. The number of ether oxygens (including phenoxy) is 3. The Labute approximate surface area is 222 Å². The third kappa shape index (κ3) is 7.04. The number of carbonyl (C=O) groups is 1. The molecule has 12 nitrogen and oxygen atoms in total. The highest BCUT2D eigenvalue weighted by Crippen LogP contribution is 2.44. The number of rotatable bonds is 11. The molecular weight excluding hydrogens is 548 g/mol. The molecule has 0 saturated carbocycles. The fourth-order valence-electron chi connectivity index (χ4n) is 3.54. The molecule has 2 N–H and O–H groups in total. The van der Waals surface area contributed by atoms with E-state index in [4.69, 9.17) is 30.3 Å². The van der Waals surface area contributed by atoms with E-state index in [1.54, 1.807) is 12.1 Å². The van der Waals surface area contributed by atoms with Crippen LogP contribution in [0.15, 0.2) is 50.9 Å². The van der Waals surface area contributed by atoms with Crippen LogP contribution in [0.4, 0.5) is 4.39 Å². The summed E-state index contributed by atoms with van der Waals surface area (Å²) in [6.45, 7) is 4.43. The number of para-hydroxylation sites is 1. The number of nitrogens with one attached hydrogen (secondary N) is 1. The molecule has 1 aliphatic heterocycles. The van der Waals surface area contributed by atoms with Gasteiger partial charge in [0.25, 0.3) is 11.8 Å². The molecule has 0 aliphatic carbocycles. The molecule has 0 amide bonds. The number of alkyl halides is 1. The van der Waals surface area contributed by atoms with E-state index in [1.807, 2.05) is 11.9 Å². The van der Waals surface area contributed by atoms with Gasteiger partial charge in [0.2, 0.25) is 0 Å². The predicted octanol–water partition coefficient (Wildman–Crippen LogP) is 2.19. The largest absolute Gasteiger partial charge is 0.583 e. The first kappa shape index (κ1) is 29.9. The van der Waals surface area contributed by atoms with E-state index in [-0.39, 0.29) is 17.4 Å². The van der Waals surface area contributed by atoms with Crippen molar-refractivity contribution in [3.63, 3.8) is 0 Å². The molecular formula is C23H28ClFN3O9P. The second-order valence-electron chi connectivity index (χ2n) is 8.64. The number of benzene rings is 1. The summed E-state index contributed by atoms with van der Waals surface area (Å²) < 4.78 is 42.1. The van der Waals surface area contributed by atoms with Crippen molar-refractivity contribution < 1.29 is 37.9 Å². The second-order valence-corrected chi connectivity index (χ2v) is 9.96. The Hall–Kier alpha value is -2.67. The maximum Gasteiger partial charge on any atom is 0.346 e. The topological polar surface area (TPSA) is 164 Å². The molecule has 1 aromatic heterocycles. The molecule has 1 aliphatic rings. The molecule has 0 radical (unpaired) electrons. The zero-order chi connectivity index (χ0) is 28.0. The summed E-state index contributed by atoms with van der Waals surface area (Å²) in [5.74, 6) is -0.699. The molecule has 15 heteroatoms. The van der Waals surface area contributed by atoms with Crippen molar-refractivity contribution in [1.29, 1.82) is 0 Å². The van der Waals surface area contributed by atoms with Crippen LogP contribution < -0.4 is 20.9 Å². The number of halogens is 2. The van der Waals surface area contributed by atoms with Crippen LogP contribution in [0.2, 0.25) is 5.02 Å². The highest BCUT2D eigenvalue weighted by Gasteiger charge is 2.59. The molecule has 38 heavy (non-hydrogen) atoms. The van der Waals surface area contributed by atoms with Gasteiger partial charge in [-0.05, 0) is 32.4 Å². The van der Waals surface area contributed by atoms with Gasteiger partial charge in [0, 0.05) is 12.3 Å². The minimum absolute atomic E-state index is 0.0237. The van der Waals surface area contributed by atoms with Gasteiger partial charge in [-0.3, -0.25) is 14.3 Å². The number of aliphatic hydroxyl groups excluding tert-OH is 1. The van der Waals surface area contributed by atoms with Crippen LogP contribution in [0.1, 0.15) is 39.8 Å². The lowest BCUT2D eigenvalue weighted by Crippen LogP contribution is -2.46. The number of aliphatic hydroxyl groups is 1. The summed E-state index contributed by atoms with van der Waals surface area (Å²) in [6.07, 6.45) is -4.67. The smallest absolute Gasteiger partial charge is 0.346 e. The van der Waals surface area contributed by atoms with Gasteiger partial charge in [0.05, 0.1) is 11.6 Å². The van der Waals surface area contributed by atoms with Gasteiger partial charge in [0.1, 0.15) is 11.9 Å². The van der Waals surface area contributed by atoms with E-state index in [2.05, 4.69) is 4.74 Å². The Morgan fingerprint density at radius 1 is 1.39 bits per heavy atom.